The van der Waals surface area contributed by atoms with Crippen LogP contribution in [0, 0.1) is 12.8 Å². The second kappa shape index (κ2) is 7.98. The van der Waals surface area contributed by atoms with Gasteiger partial charge in [0, 0.05) is 36.1 Å². The van der Waals surface area contributed by atoms with Crippen molar-refractivity contribution in [2.45, 2.75) is 32.1 Å². The summed E-state index contributed by atoms with van der Waals surface area (Å²) in [4.78, 5) is 9.10. The summed E-state index contributed by atoms with van der Waals surface area (Å²) in [6.45, 7) is 2.60. The number of fused-ring (bicyclic) bond motifs is 1. The third-order valence-electron chi connectivity index (χ3n) is 5.32. The molecule has 1 aliphatic rings. The third-order valence-corrected chi connectivity index (χ3v) is 6.21. The number of nitrogens with zero attached hydrogens (tertiary/aromatic N) is 6. The van der Waals surface area contributed by atoms with Gasteiger partial charge < -0.3 is 9.47 Å². The molecular weight excluding hydrogens is 400 g/mol. The number of aromatic nitrogens is 6. The Morgan fingerprint density at radius 2 is 2.13 bits per heavy atom. The molecule has 1 saturated carbocycles. The van der Waals surface area contributed by atoms with E-state index in [2.05, 4.69) is 25.3 Å². The van der Waals surface area contributed by atoms with Gasteiger partial charge in [-0.05, 0) is 31.9 Å². The van der Waals surface area contributed by atoms with E-state index in [0.29, 0.717) is 24.3 Å². The van der Waals surface area contributed by atoms with Crippen LogP contribution in [0.15, 0.2) is 36.7 Å². The van der Waals surface area contributed by atoms with Crippen molar-refractivity contribution in [2.75, 3.05) is 13.7 Å². The zero-order valence-electron chi connectivity index (χ0n) is 16.9. The highest BCUT2D eigenvalue weighted by Crippen LogP contribution is 2.46. The lowest BCUT2D eigenvalue weighted by molar-refractivity contribution is 0.285. The van der Waals surface area contributed by atoms with Crippen molar-refractivity contribution in [2.24, 2.45) is 5.92 Å². The average molecular weight is 423 g/mol. The molecular formula is C21H22N6O2S. The Bertz CT molecular complexity index is 1160. The van der Waals surface area contributed by atoms with Crippen molar-refractivity contribution in [3.05, 3.63) is 58.1 Å². The van der Waals surface area contributed by atoms with Crippen molar-refractivity contribution in [3.8, 4) is 11.6 Å². The minimum absolute atomic E-state index is 0.440. The smallest absolute Gasteiger partial charge is 0.217 e. The van der Waals surface area contributed by atoms with E-state index in [1.54, 1.807) is 30.8 Å². The molecule has 1 aliphatic carbocycles. The third kappa shape index (κ3) is 3.97. The highest BCUT2D eigenvalue weighted by atomic mass is 32.1. The first-order valence-electron chi connectivity index (χ1n) is 9.95. The first-order valence-corrected chi connectivity index (χ1v) is 10.8. The maximum Gasteiger partial charge on any atom is 0.217 e. The first-order chi connectivity index (χ1) is 14.7. The van der Waals surface area contributed by atoms with Crippen molar-refractivity contribution in [1.29, 1.82) is 0 Å². The summed E-state index contributed by atoms with van der Waals surface area (Å²) in [5.74, 6) is 2.32. The normalized spacial score (nSPS) is 17.9. The Kier molecular flexibility index (Phi) is 5.04. The van der Waals surface area contributed by atoms with Crippen LogP contribution in [0.1, 0.15) is 33.7 Å². The topological polar surface area (TPSA) is 87.3 Å². The molecule has 5 rings (SSSR count). The van der Waals surface area contributed by atoms with Crippen LogP contribution in [-0.4, -0.2) is 43.5 Å². The van der Waals surface area contributed by atoms with Crippen LogP contribution in [0.25, 0.3) is 5.65 Å². The molecule has 0 bridgehead atoms. The Hall–Kier alpha value is -3.07. The second-order valence-electron chi connectivity index (χ2n) is 7.44. The van der Waals surface area contributed by atoms with Gasteiger partial charge in [0.2, 0.25) is 5.88 Å². The van der Waals surface area contributed by atoms with Gasteiger partial charge in [0.1, 0.15) is 15.8 Å². The molecule has 30 heavy (non-hydrogen) atoms. The molecule has 1 fully saturated rings. The van der Waals surface area contributed by atoms with Gasteiger partial charge >= 0.3 is 0 Å². The lowest BCUT2D eigenvalue weighted by Crippen LogP contribution is -2.07. The number of ether oxygens (including phenoxy) is 2. The van der Waals surface area contributed by atoms with Crippen molar-refractivity contribution >= 4 is 17.0 Å². The quantitative estimate of drug-likeness (QED) is 0.431. The van der Waals surface area contributed by atoms with Crippen LogP contribution in [-0.2, 0) is 12.8 Å². The second-order valence-corrected chi connectivity index (χ2v) is 8.70. The monoisotopic (exact) mass is 422 g/mol. The van der Waals surface area contributed by atoms with E-state index >= 15 is 0 Å². The summed E-state index contributed by atoms with van der Waals surface area (Å²) in [5.41, 5.74) is 2.94. The predicted octanol–water partition coefficient (Wildman–Crippen LogP) is 3.26. The molecule has 0 aliphatic heterocycles. The van der Waals surface area contributed by atoms with Crippen LogP contribution >= 0.6 is 11.3 Å². The Morgan fingerprint density at radius 1 is 1.20 bits per heavy atom. The van der Waals surface area contributed by atoms with Gasteiger partial charge in [0.25, 0.3) is 0 Å². The SMILES string of the molecule is COc1ccc([C@H]2C[C@@H]2COc2cc(CCc3nnc(C)s3)n3nccc3n2)nc1. The fraction of sp³-hybridized carbons (Fsp3) is 0.381. The molecule has 154 valence electrons. The van der Waals surface area contributed by atoms with E-state index in [1.807, 2.05) is 35.7 Å². The summed E-state index contributed by atoms with van der Waals surface area (Å²) in [5, 5.41) is 14.7. The molecule has 0 N–H and O–H groups in total. The molecule has 4 heterocycles. The Balaban J connectivity index is 1.24. The molecule has 0 spiro atoms. The standard InChI is InChI=1S/C21H22N6O2S/c1-13-25-26-21(30-13)6-3-15-10-20(24-19-7-8-23-27(15)19)29-12-14-9-17(14)18-5-4-16(28-2)11-22-18/h4-5,7-8,10-11,14,17H,3,6,9,12H2,1-2H3/t14-,17+/m1/s1. The molecule has 0 aromatic carbocycles. The number of aryl methyl sites for hydroxylation is 3. The van der Waals surface area contributed by atoms with Crippen molar-refractivity contribution in [1.82, 2.24) is 29.8 Å². The van der Waals surface area contributed by atoms with Gasteiger partial charge in [-0.3, -0.25) is 4.98 Å². The van der Waals surface area contributed by atoms with Gasteiger partial charge in [0.05, 0.1) is 31.8 Å². The molecule has 9 heteroatoms. The van der Waals surface area contributed by atoms with E-state index in [9.17, 15) is 0 Å². The number of rotatable bonds is 8. The summed E-state index contributed by atoms with van der Waals surface area (Å²) in [6, 6.07) is 7.87. The maximum atomic E-state index is 6.07. The van der Waals surface area contributed by atoms with Crippen molar-refractivity contribution < 1.29 is 9.47 Å². The highest BCUT2D eigenvalue weighted by Gasteiger charge is 2.40. The molecule has 4 aromatic heterocycles. The van der Waals surface area contributed by atoms with Crippen LogP contribution in [0.4, 0.5) is 0 Å². The maximum absolute atomic E-state index is 6.07. The minimum atomic E-state index is 0.440. The molecule has 2 atom stereocenters. The average Bonchev–Trinajstić information content (AvgIpc) is 3.16. The zero-order chi connectivity index (χ0) is 20.5. The van der Waals surface area contributed by atoms with Crippen LogP contribution < -0.4 is 9.47 Å². The molecule has 8 nitrogen and oxygen atoms in total. The van der Waals surface area contributed by atoms with Crippen LogP contribution in [0.5, 0.6) is 11.6 Å². The van der Waals surface area contributed by atoms with E-state index in [-0.39, 0.29) is 0 Å². The van der Waals surface area contributed by atoms with Gasteiger partial charge in [-0.25, -0.2) is 4.52 Å². The molecule has 4 aromatic rings. The first kappa shape index (κ1) is 18.9. The number of hydrogen-bond donors (Lipinski definition) is 0. The van der Waals surface area contributed by atoms with Gasteiger partial charge in [-0.2, -0.15) is 10.1 Å². The predicted molar refractivity (Wildman–Crippen MR) is 112 cm³/mol. The summed E-state index contributed by atoms with van der Waals surface area (Å²) < 4.78 is 13.1. The Labute approximate surface area is 177 Å². The summed E-state index contributed by atoms with van der Waals surface area (Å²) >= 11 is 1.63. The fourth-order valence-electron chi connectivity index (χ4n) is 3.60. The lowest BCUT2D eigenvalue weighted by atomic mass is 10.2. The molecule has 0 radical (unpaired) electrons. The molecule has 0 saturated heterocycles. The number of methoxy groups -OCH3 is 1. The van der Waals surface area contributed by atoms with Crippen LogP contribution in [0.3, 0.4) is 0 Å². The molecule has 0 amide bonds. The fourth-order valence-corrected chi connectivity index (χ4v) is 4.30. The van der Waals surface area contributed by atoms with E-state index in [0.717, 1.165) is 52.1 Å². The largest absolute Gasteiger partial charge is 0.495 e. The van der Waals surface area contributed by atoms with Crippen LogP contribution in [0.2, 0.25) is 0 Å². The zero-order valence-corrected chi connectivity index (χ0v) is 17.7. The van der Waals surface area contributed by atoms with Crippen molar-refractivity contribution in [3.63, 3.8) is 0 Å². The van der Waals surface area contributed by atoms with E-state index in [4.69, 9.17) is 9.47 Å². The Morgan fingerprint density at radius 3 is 2.90 bits per heavy atom. The van der Waals surface area contributed by atoms with E-state index < -0.39 is 0 Å². The summed E-state index contributed by atoms with van der Waals surface area (Å²) in [6.07, 6.45) is 6.23. The van der Waals surface area contributed by atoms with E-state index in [1.165, 1.54) is 0 Å². The van der Waals surface area contributed by atoms with Gasteiger partial charge in [-0.1, -0.05) is 0 Å². The number of hydrogen-bond acceptors (Lipinski definition) is 8. The summed E-state index contributed by atoms with van der Waals surface area (Å²) in [7, 11) is 1.65. The van der Waals surface area contributed by atoms with Gasteiger partial charge in [0.15, 0.2) is 5.65 Å². The number of pyridine rings is 1. The minimum Gasteiger partial charge on any atom is -0.495 e. The van der Waals surface area contributed by atoms with Gasteiger partial charge in [-0.15, -0.1) is 21.5 Å². The highest BCUT2D eigenvalue weighted by molar-refractivity contribution is 7.11. The molecule has 0 unspecified atom stereocenters. The lowest BCUT2D eigenvalue weighted by Gasteiger charge is -2.09.